The first-order valence-corrected chi connectivity index (χ1v) is 6.46. The molecule has 0 amide bonds. The Morgan fingerprint density at radius 2 is 1.89 bits per heavy atom. The van der Waals surface area contributed by atoms with Crippen molar-refractivity contribution in [1.82, 2.24) is 14.8 Å². The first-order valence-electron chi connectivity index (χ1n) is 6.08. The third kappa shape index (κ3) is 2.26. The zero-order chi connectivity index (χ0) is 12.4. The van der Waals surface area contributed by atoms with E-state index >= 15 is 0 Å². The standard InChI is InChI=1S/C13H14ClN3O/c14-11-1-3-12(4-2-11)17-9-15-16-13(17)10-5-7-18-8-6-10/h1-4,9-10H,5-8H2. The van der Waals surface area contributed by atoms with Gasteiger partial charge in [0.2, 0.25) is 0 Å². The average molecular weight is 264 g/mol. The van der Waals surface area contributed by atoms with Crippen LogP contribution >= 0.6 is 11.6 Å². The SMILES string of the molecule is Clc1ccc(-n2cnnc2C2CCOCC2)cc1. The summed E-state index contributed by atoms with van der Waals surface area (Å²) in [5, 5.41) is 9.03. The minimum atomic E-state index is 0.428. The average Bonchev–Trinajstić information content (AvgIpc) is 2.90. The maximum absolute atomic E-state index is 5.90. The molecular formula is C13H14ClN3O. The number of hydrogen-bond acceptors (Lipinski definition) is 3. The van der Waals surface area contributed by atoms with E-state index in [1.54, 1.807) is 6.33 Å². The van der Waals surface area contributed by atoms with E-state index < -0.39 is 0 Å². The van der Waals surface area contributed by atoms with Gasteiger partial charge in [0.15, 0.2) is 0 Å². The van der Waals surface area contributed by atoms with Crippen LogP contribution in [0.15, 0.2) is 30.6 Å². The summed E-state index contributed by atoms with van der Waals surface area (Å²) in [6.07, 6.45) is 3.77. The Bertz CT molecular complexity index is 517. The smallest absolute Gasteiger partial charge is 0.140 e. The highest BCUT2D eigenvalue weighted by atomic mass is 35.5. The van der Waals surface area contributed by atoms with E-state index in [1.807, 2.05) is 28.8 Å². The summed E-state index contributed by atoms with van der Waals surface area (Å²) in [6.45, 7) is 1.61. The van der Waals surface area contributed by atoms with Crippen molar-refractivity contribution >= 4 is 11.6 Å². The molecule has 0 unspecified atom stereocenters. The summed E-state index contributed by atoms with van der Waals surface area (Å²) in [7, 11) is 0. The highest BCUT2D eigenvalue weighted by molar-refractivity contribution is 6.30. The van der Waals surface area contributed by atoms with Crippen molar-refractivity contribution in [2.24, 2.45) is 0 Å². The summed E-state index contributed by atoms with van der Waals surface area (Å²) in [5.74, 6) is 1.44. The van der Waals surface area contributed by atoms with Crippen LogP contribution in [0.3, 0.4) is 0 Å². The number of nitrogens with zero attached hydrogens (tertiary/aromatic N) is 3. The van der Waals surface area contributed by atoms with E-state index in [-0.39, 0.29) is 0 Å². The Morgan fingerprint density at radius 3 is 2.61 bits per heavy atom. The molecule has 1 fully saturated rings. The minimum absolute atomic E-state index is 0.428. The molecule has 0 saturated carbocycles. The first-order chi connectivity index (χ1) is 8.84. The molecule has 2 heterocycles. The van der Waals surface area contributed by atoms with Gasteiger partial charge in [0.25, 0.3) is 0 Å². The second kappa shape index (κ2) is 5.08. The molecule has 0 spiro atoms. The van der Waals surface area contributed by atoms with Crippen LogP contribution in [-0.4, -0.2) is 28.0 Å². The van der Waals surface area contributed by atoms with Gasteiger partial charge in [0.05, 0.1) is 0 Å². The van der Waals surface area contributed by atoms with Crippen LogP contribution in [-0.2, 0) is 4.74 Å². The molecule has 1 aliphatic rings. The van der Waals surface area contributed by atoms with E-state index in [2.05, 4.69) is 10.2 Å². The molecule has 0 radical (unpaired) electrons. The van der Waals surface area contributed by atoms with Crippen molar-refractivity contribution in [3.8, 4) is 5.69 Å². The third-order valence-corrected chi connectivity index (χ3v) is 3.52. The summed E-state index contributed by atoms with van der Waals surface area (Å²) in [4.78, 5) is 0. The zero-order valence-electron chi connectivity index (χ0n) is 9.92. The second-order valence-electron chi connectivity index (χ2n) is 4.42. The van der Waals surface area contributed by atoms with Crippen LogP contribution < -0.4 is 0 Å². The lowest BCUT2D eigenvalue weighted by Crippen LogP contribution is -2.17. The third-order valence-electron chi connectivity index (χ3n) is 3.27. The molecule has 4 nitrogen and oxygen atoms in total. The van der Waals surface area contributed by atoms with E-state index in [9.17, 15) is 0 Å². The highest BCUT2D eigenvalue weighted by Crippen LogP contribution is 2.27. The number of halogens is 1. The molecule has 0 aliphatic carbocycles. The molecule has 5 heteroatoms. The Balaban J connectivity index is 1.93. The highest BCUT2D eigenvalue weighted by Gasteiger charge is 2.21. The Morgan fingerprint density at radius 1 is 1.17 bits per heavy atom. The Labute approximate surface area is 111 Å². The van der Waals surface area contributed by atoms with Crippen LogP contribution in [0.1, 0.15) is 24.6 Å². The number of aromatic nitrogens is 3. The molecular weight excluding hydrogens is 250 g/mol. The molecule has 0 bridgehead atoms. The largest absolute Gasteiger partial charge is 0.381 e. The van der Waals surface area contributed by atoms with Crippen LogP contribution in [0.2, 0.25) is 5.02 Å². The van der Waals surface area contributed by atoms with Crippen molar-refractivity contribution in [2.75, 3.05) is 13.2 Å². The van der Waals surface area contributed by atoms with Crippen molar-refractivity contribution in [2.45, 2.75) is 18.8 Å². The van der Waals surface area contributed by atoms with Crippen molar-refractivity contribution in [3.05, 3.63) is 41.4 Å². The Kier molecular flexibility index (Phi) is 3.30. The van der Waals surface area contributed by atoms with Crippen LogP contribution in [0.25, 0.3) is 5.69 Å². The molecule has 2 aromatic rings. The minimum Gasteiger partial charge on any atom is -0.381 e. The van der Waals surface area contributed by atoms with Crippen LogP contribution in [0.5, 0.6) is 0 Å². The molecule has 1 saturated heterocycles. The second-order valence-corrected chi connectivity index (χ2v) is 4.86. The predicted molar refractivity (Wildman–Crippen MR) is 69.2 cm³/mol. The number of rotatable bonds is 2. The Hall–Kier alpha value is -1.39. The van der Waals surface area contributed by atoms with Gasteiger partial charge in [-0.05, 0) is 37.1 Å². The molecule has 94 valence electrons. The fourth-order valence-corrected chi connectivity index (χ4v) is 2.40. The molecule has 1 aromatic heterocycles. The summed E-state index contributed by atoms with van der Waals surface area (Å²) < 4.78 is 7.42. The van der Waals surface area contributed by atoms with E-state index in [4.69, 9.17) is 16.3 Å². The van der Waals surface area contributed by atoms with Crippen molar-refractivity contribution in [1.29, 1.82) is 0 Å². The number of benzene rings is 1. The van der Waals surface area contributed by atoms with E-state index in [1.165, 1.54) is 0 Å². The summed E-state index contributed by atoms with van der Waals surface area (Å²) >= 11 is 5.90. The lowest BCUT2D eigenvalue weighted by molar-refractivity contribution is 0.0832. The monoisotopic (exact) mass is 263 g/mol. The molecule has 1 aliphatic heterocycles. The quantitative estimate of drug-likeness (QED) is 0.836. The first kappa shape index (κ1) is 11.7. The van der Waals surface area contributed by atoms with Gasteiger partial charge in [-0.25, -0.2) is 0 Å². The van der Waals surface area contributed by atoms with Gasteiger partial charge in [-0.3, -0.25) is 4.57 Å². The van der Waals surface area contributed by atoms with Gasteiger partial charge in [0.1, 0.15) is 12.2 Å². The molecule has 18 heavy (non-hydrogen) atoms. The summed E-state index contributed by atoms with van der Waals surface area (Å²) in [5.41, 5.74) is 1.05. The molecule has 1 aromatic carbocycles. The summed E-state index contributed by atoms with van der Waals surface area (Å²) in [6, 6.07) is 7.72. The topological polar surface area (TPSA) is 39.9 Å². The zero-order valence-corrected chi connectivity index (χ0v) is 10.7. The van der Waals surface area contributed by atoms with Gasteiger partial charge >= 0.3 is 0 Å². The maximum Gasteiger partial charge on any atom is 0.140 e. The van der Waals surface area contributed by atoms with E-state index in [0.717, 1.165) is 42.6 Å². The fraction of sp³-hybridized carbons (Fsp3) is 0.385. The van der Waals surface area contributed by atoms with Gasteiger partial charge in [-0.2, -0.15) is 0 Å². The lowest BCUT2D eigenvalue weighted by atomic mass is 9.99. The van der Waals surface area contributed by atoms with Gasteiger partial charge in [-0.15, -0.1) is 10.2 Å². The van der Waals surface area contributed by atoms with Crippen LogP contribution in [0.4, 0.5) is 0 Å². The predicted octanol–water partition coefficient (Wildman–Crippen LogP) is 2.81. The van der Waals surface area contributed by atoms with Crippen LogP contribution in [0, 0.1) is 0 Å². The molecule has 0 atom stereocenters. The lowest BCUT2D eigenvalue weighted by Gasteiger charge is -2.21. The fourth-order valence-electron chi connectivity index (χ4n) is 2.28. The normalized spacial score (nSPS) is 16.9. The van der Waals surface area contributed by atoms with Gasteiger partial charge < -0.3 is 4.74 Å². The molecule has 0 N–H and O–H groups in total. The maximum atomic E-state index is 5.90. The van der Waals surface area contributed by atoms with Crippen molar-refractivity contribution in [3.63, 3.8) is 0 Å². The number of ether oxygens (including phenoxy) is 1. The molecule has 3 rings (SSSR count). The van der Waals surface area contributed by atoms with E-state index in [0.29, 0.717) is 5.92 Å². The number of hydrogen-bond donors (Lipinski definition) is 0. The van der Waals surface area contributed by atoms with Gasteiger partial charge in [-0.1, -0.05) is 11.6 Å². The van der Waals surface area contributed by atoms with Gasteiger partial charge in [0, 0.05) is 29.8 Å². The van der Waals surface area contributed by atoms with Crippen molar-refractivity contribution < 1.29 is 4.74 Å².